The van der Waals surface area contributed by atoms with Gasteiger partial charge in [-0.2, -0.15) is 4.31 Å². The monoisotopic (exact) mass is 470 g/mol. The number of sulfonamides is 1. The van der Waals surface area contributed by atoms with Crippen molar-refractivity contribution < 1.29 is 22.7 Å². The Morgan fingerprint density at radius 3 is 2.63 bits per heavy atom. The molecule has 2 aromatic carbocycles. The van der Waals surface area contributed by atoms with Crippen molar-refractivity contribution in [1.29, 1.82) is 0 Å². The molecular weight excluding hydrogens is 448 g/mol. The Morgan fingerprint density at radius 2 is 1.90 bits per heavy atom. The highest BCUT2D eigenvalue weighted by Crippen LogP contribution is 2.21. The Morgan fingerprint density at radius 1 is 1.17 bits per heavy atom. The minimum Gasteiger partial charge on any atom is -0.493 e. The van der Waals surface area contributed by atoms with E-state index in [0.29, 0.717) is 49.4 Å². The van der Waals surface area contributed by atoms with Crippen LogP contribution in [0.5, 0.6) is 5.75 Å². The minimum atomic E-state index is -3.60. The number of ether oxygens (including phenoxy) is 2. The van der Waals surface area contributed by atoms with Gasteiger partial charge in [-0.25, -0.2) is 8.42 Å². The highest BCUT2D eigenvalue weighted by Gasteiger charge is 2.26. The number of hydrogen-bond acceptors (Lipinski definition) is 6. The third kappa shape index (κ3) is 6.61. The van der Waals surface area contributed by atoms with E-state index in [1.54, 1.807) is 36.4 Å². The predicted octanol–water partition coefficient (Wildman–Crippen LogP) is 3.11. The van der Waals surface area contributed by atoms with Crippen LogP contribution in [-0.2, 0) is 19.6 Å². The number of rotatable bonds is 9. The van der Waals surface area contributed by atoms with Gasteiger partial charge >= 0.3 is 0 Å². The average molecular weight is 471 g/mol. The molecule has 1 fully saturated rings. The zero-order chi connectivity index (χ0) is 21.4. The Balaban J connectivity index is 1.45. The molecule has 0 spiro atoms. The quantitative estimate of drug-likeness (QED) is 0.567. The van der Waals surface area contributed by atoms with E-state index in [1.807, 2.05) is 0 Å². The molecule has 30 heavy (non-hydrogen) atoms. The number of hydrogen-bond donors (Lipinski definition) is 1. The Bertz CT molecular complexity index is 948. The van der Waals surface area contributed by atoms with Crippen molar-refractivity contribution in [1.82, 2.24) is 4.31 Å². The number of amides is 1. The van der Waals surface area contributed by atoms with Crippen molar-refractivity contribution in [3.05, 3.63) is 53.6 Å². The maximum Gasteiger partial charge on any atom is 0.243 e. The number of carbonyl (C=O) groups excluding carboxylic acids is 1. The van der Waals surface area contributed by atoms with E-state index in [4.69, 9.17) is 21.1 Å². The van der Waals surface area contributed by atoms with Crippen LogP contribution in [0, 0.1) is 0 Å². The SMILES string of the molecule is O=C(CSCCOc1ccc(Cl)cc1)Nc1cccc(S(=O)(=O)N2CCOCC2)c1. The van der Waals surface area contributed by atoms with Crippen LogP contribution in [0.25, 0.3) is 0 Å². The lowest BCUT2D eigenvalue weighted by atomic mass is 10.3. The van der Waals surface area contributed by atoms with Gasteiger partial charge in [0.25, 0.3) is 0 Å². The number of carbonyl (C=O) groups is 1. The van der Waals surface area contributed by atoms with Crippen LogP contribution in [0.2, 0.25) is 5.02 Å². The molecule has 0 radical (unpaired) electrons. The minimum absolute atomic E-state index is 0.159. The van der Waals surface area contributed by atoms with E-state index in [1.165, 1.54) is 28.2 Å². The standard InChI is InChI=1S/C20H23ClN2O5S2/c21-16-4-6-18(7-5-16)28-12-13-29-15-20(24)22-17-2-1-3-19(14-17)30(25,26)23-8-10-27-11-9-23/h1-7,14H,8-13,15H2,(H,22,24). The molecule has 1 N–H and O–H groups in total. The first-order valence-corrected chi connectivity index (χ1v) is 12.4. The number of benzene rings is 2. The molecule has 0 aliphatic carbocycles. The molecule has 0 saturated carbocycles. The summed E-state index contributed by atoms with van der Waals surface area (Å²) in [4.78, 5) is 12.3. The van der Waals surface area contributed by atoms with E-state index in [-0.39, 0.29) is 16.6 Å². The molecule has 0 unspecified atom stereocenters. The molecule has 1 amide bonds. The zero-order valence-corrected chi connectivity index (χ0v) is 18.6. The molecule has 162 valence electrons. The third-order valence-corrected chi connectivity index (χ3v) is 7.34. The summed E-state index contributed by atoms with van der Waals surface area (Å²) in [5.41, 5.74) is 0.451. The van der Waals surface area contributed by atoms with Gasteiger partial charge in [-0.05, 0) is 42.5 Å². The fourth-order valence-electron chi connectivity index (χ4n) is 2.78. The molecule has 1 heterocycles. The third-order valence-electron chi connectivity index (χ3n) is 4.27. The molecule has 1 saturated heterocycles. The smallest absolute Gasteiger partial charge is 0.243 e. The summed E-state index contributed by atoms with van der Waals surface area (Å²) in [5, 5.41) is 3.40. The van der Waals surface area contributed by atoms with Gasteiger partial charge in [-0.15, -0.1) is 11.8 Å². The van der Waals surface area contributed by atoms with E-state index < -0.39 is 10.0 Å². The van der Waals surface area contributed by atoms with Crippen molar-refractivity contribution in [3.8, 4) is 5.75 Å². The van der Waals surface area contributed by atoms with E-state index in [0.717, 1.165) is 5.75 Å². The second-order valence-corrected chi connectivity index (χ2v) is 9.93. The summed E-state index contributed by atoms with van der Waals surface area (Å²) in [7, 11) is -3.60. The van der Waals surface area contributed by atoms with E-state index >= 15 is 0 Å². The number of anilines is 1. The number of halogens is 1. The van der Waals surface area contributed by atoms with Gasteiger partial charge < -0.3 is 14.8 Å². The van der Waals surface area contributed by atoms with Gasteiger partial charge in [-0.3, -0.25) is 4.79 Å². The highest BCUT2D eigenvalue weighted by molar-refractivity contribution is 7.99. The second-order valence-electron chi connectivity index (χ2n) is 6.45. The lowest BCUT2D eigenvalue weighted by Crippen LogP contribution is -2.40. The largest absolute Gasteiger partial charge is 0.493 e. The normalized spacial score (nSPS) is 15.0. The molecule has 10 heteroatoms. The molecule has 0 aromatic heterocycles. The van der Waals surface area contributed by atoms with Gasteiger partial charge in [0.1, 0.15) is 5.75 Å². The summed E-state index contributed by atoms with van der Waals surface area (Å²) < 4.78 is 37.7. The molecule has 2 aromatic rings. The van der Waals surface area contributed by atoms with Crippen LogP contribution in [0.4, 0.5) is 5.69 Å². The van der Waals surface area contributed by atoms with Crippen molar-refractivity contribution in [2.24, 2.45) is 0 Å². The summed E-state index contributed by atoms with van der Waals surface area (Å²) in [6, 6.07) is 13.4. The molecule has 0 atom stereocenters. The summed E-state index contributed by atoms with van der Waals surface area (Å²) in [5.74, 6) is 1.40. The van der Waals surface area contributed by atoms with Crippen LogP contribution < -0.4 is 10.1 Å². The predicted molar refractivity (Wildman–Crippen MR) is 119 cm³/mol. The maximum absolute atomic E-state index is 12.7. The van der Waals surface area contributed by atoms with Gasteiger partial charge in [0.15, 0.2) is 0 Å². The fourth-order valence-corrected chi connectivity index (χ4v) is 4.96. The van der Waals surface area contributed by atoms with Crippen molar-refractivity contribution in [2.75, 3.05) is 49.7 Å². The van der Waals surface area contributed by atoms with Crippen molar-refractivity contribution in [2.45, 2.75) is 4.90 Å². The first-order valence-electron chi connectivity index (χ1n) is 9.39. The van der Waals surface area contributed by atoms with Crippen molar-refractivity contribution >= 4 is 45.0 Å². The van der Waals surface area contributed by atoms with Gasteiger partial charge in [0.05, 0.1) is 30.5 Å². The summed E-state index contributed by atoms with van der Waals surface area (Å²) in [6.07, 6.45) is 0. The summed E-state index contributed by atoms with van der Waals surface area (Å²) >= 11 is 7.26. The van der Waals surface area contributed by atoms with Crippen LogP contribution in [0.15, 0.2) is 53.4 Å². The average Bonchev–Trinajstić information content (AvgIpc) is 2.75. The zero-order valence-electron chi connectivity index (χ0n) is 16.3. The second kappa shape index (κ2) is 11.0. The molecule has 3 rings (SSSR count). The van der Waals surface area contributed by atoms with Gasteiger partial charge in [0, 0.05) is 29.6 Å². The lowest BCUT2D eigenvalue weighted by molar-refractivity contribution is -0.113. The molecule has 7 nitrogen and oxygen atoms in total. The van der Waals surface area contributed by atoms with E-state index in [2.05, 4.69) is 5.32 Å². The first-order chi connectivity index (χ1) is 14.4. The highest BCUT2D eigenvalue weighted by atomic mass is 35.5. The molecule has 1 aliphatic heterocycles. The number of thioether (sulfide) groups is 1. The topological polar surface area (TPSA) is 84.9 Å². The molecule has 0 bridgehead atoms. The van der Waals surface area contributed by atoms with Crippen LogP contribution in [0.1, 0.15) is 0 Å². The van der Waals surface area contributed by atoms with Gasteiger partial charge in [-0.1, -0.05) is 17.7 Å². The Labute approximate surface area is 185 Å². The molecular formula is C20H23ClN2O5S2. The number of nitrogens with one attached hydrogen (secondary N) is 1. The fraction of sp³-hybridized carbons (Fsp3) is 0.350. The first kappa shape index (κ1) is 22.9. The van der Waals surface area contributed by atoms with E-state index in [9.17, 15) is 13.2 Å². The molecule has 1 aliphatic rings. The number of nitrogens with zero attached hydrogens (tertiary/aromatic N) is 1. The Hall–Kier alpha value is -1.78. The van der Waals surface area contributed by atoms with Gasteiger partial charge in [0.2, 0.25) is 15.9 Å². The number of morpholine rings is 1. The summed E-state index contributed by atoms with van der Waals surface area (Å²) in [6.45, 7) is 1.89. The van der Waals surface area contributed by atoms with Crippen LogP contribution in [0.3, 0.4) is 0 Å². The van der Waals surface area contributed by atoms with Crippen molar-refractivity contribution in [3.63, 3.8) is 0 Å². The van der Waals surface area contributed by atoms with Crippen LogP contribution in [-0.4, -0.2) is 63.0 Å². The maximum atomic E-state index is 12.7. The lowest BCUT2D eigenvalue weighted by Gasteiger charge is -2.26. The van der Waals surface area contributed by atoms with Crippen LogP contribution >= 0.6 is 23.4 Å². The Kier molecular flexibility index (Phi) is 8.41.